The summed E-state index contributed by atoms with van der Waals surface area (Å²) < 4.78 is 1.85. The first-order valence-corrected chi connectivity index (χ1v) is 9.79. The van der Waals surface area contributed by atoms with Gasteiger partial charge in [-0.2, -0.15) is 4.98 Å². The number of nitrogens with zero attached hydrogens (tertiary/aromatic N) is 7. The van der Waals surface area contributed by atoms with E-state index in [0.717, 1.165) is 5.69 Å². The summed E-state index contributed by atoms with van der Waals surface area (Å²) in [7, 11) is 1.86. The summed E-state index contributed by atoms with van der Waals surface area (Å²) in [6.07, 6.45) is 4.61. The molecule has 3 N–H and O–H groups in total. The maximum absolute atomic E-state index is 12.5. The molecule has 3 aromatic heterocycles. The number of rotatable bonds is 7. The largest absolute Gasteiger partial charge is 0.493 e. The molecule has 0 aliphatic rings. The number of aryl methyl sites for hydroxylation is 1. The van der Waals surface area contributed by atoms with Crippen LogP contribution >= 0.6 is 0 Å². The second-order valence-corrected chi connectivity index (χ2v) is 6.98. The van der Waals surface area contributed by atoms with Crippen LogP contribution in [0.2, 0.25) is 0 Å². The van der Waals surface area contributed by atoms with Gasteiger partial charge in [0, 0.05) is 37.2 Å². The molecule has 11 nitrogen and oxygen atoms in total. The van der Waals surface area contributed by atoms with Gasteiger partial charge in [-0.3, -0.25) is 4.79 Å². The maximum Gasteiger partial charge on any atom is 0.251 e. The molecule has 0 atom stereocenters. The molecular weight excluding hydrogens is 410 g/mol. The van der Waals surface area contributed by atoms with Crippen LogP contribution < -0.4 is 10.6 Å². The lowest BCUT2D eigenvalue weighted by atomic mass is 10.2. The van der Waals surface area contributed by atoms with Crippen molar-refractivity contribution in [1.29, 1.82) is 0 Å². The highest BCUT2D eigenvalue weighted by atomic mass is 16.3. The Labute approximate surface area is 183 Å². The third-order valence-electron chi connectivity index (χ3n) is 4.75. The van der Waals surface area contributed by atoms with Crippen LogP contribution in [-0.2, 0) is 20.1 Å². The zero-order valence-electron chi connectivity index (χ0n) is 17.5. The lowest BCUT2D eigenvalue weighted by molar-refractivity contribution is 0.0950. The molecule has 0 unspecified atom stereocenters. The minimum absolute atomic E-state index is 0.118. The van der Waals surface area contributed by atoms with Crippen LogP contribution in [0.1, 0.15) is 27.6 Å². The molecule has 0 saturated heterocycles. The molecule has 11 heteroatoms. The van der Waals surface area contributed by atoms with Gasteiger partial charge < -0.3 is 20.3 Å². The predicted molar refractivity (Wildman–Crippen MR) is 115 cm³/mol. The van der Waals surface area contributed by atoms with E-state index in [0.29, 0.717) is 40.8 Å². The van der Waals surface area contributed by atoms with Crippen molar-refractivity contribution in [2.45, 2.75) is 20.0 Å². The van der Waals surface area contributed by atoms with Gasteiger partial charge in [0.25, 0.3) is 5.91 Å². The first-order chi connectivity index (χ1) is 15.5. The zero-order valence-corrected chi connectivity index (χ0v) is 17.5. The molecule has 0 saturated carbocycles. The summed E-state index contributed by atoms with van der Waals surface area (Å²) in [6.45, 7) is 2.21. The molecule has 0 fully saturated rings. The van der Waals surface area contributed by atoms with Crippen LogP contribution in [0.25, 0.3) is 11.5 Å². The highest BCUT2D eigenvalue weighted by Crippen LogP contribution is 2.16. The second-order valence-electron chi connectivity index (χ2n) is 6.98. The monoisotopic (exact) mass is 431 g/mol. The molecule has 162 valence electrons. The number of nitrogens with one attached hydrogen (secondary N) is 2. The highest BCUT2D eigenvalue weighted by Gasteiger charge is 2.12. The highest BCUT2D eigenvalue weighted by molar-refractivity contribution is 5.95. The van der Waals surface area contributed by atoms with Crippen molar-refractivity contribution in [2.75, 3.05) is 5.32 Å². The van der Waals surface area contributed by atoms with Gasteiger partial charge in [0.15, 0.2) is 11.6 Å². The van der Waals surface area contributed by atoms with Crippen molar-refractivity contribution in [3.8, 4) is 17.4 Å². The number of aromatic hydroxyl groups is 1. The first kappa shape index (κ1) is 20.8. The first-order valence-electron chi connectivity index (χ1n) is 9.79. The van der Waals surface area contributed by atoms with Crippen LogP contribution in [0.4, 0.5) is 5.69 Å². The minimum Gasteiger partial charge on any atom is -0.493 e. The second kappa shape index (κ2) is 9.16. The van der Waals surface area contributed by atoms with E-state index in [2.05, 4.69) is 40.8 Å². The van der Waals surface area contributed by atoms with Crippen LogP contribution in [0.15, 0.2) is 49.1 Å². The van der Waals surface area contributed by atoms with Crippen molar-refractivity contribution in [1.82, 2.24) is 40.0 Å². The summed E-state index contributed by atoms with van der Waals surface area (Å²) >= 11 is 0. The van der Waals surface area contributed by atoms with Gasteiger partial charge >= 0.3 is 0 Å². The fourth-order valence-electron chi connectivity index (χ4n) is 3.00. The van der Waals surface area contributed by atoms with E-state index in [1.807, 2.05) is 17.7 Å². The Kier molecular flexibility index (Phi) is 5.97. The molecule has 1 aromatic carbocycles. The predicted octanol–water partition coefficient (Wildman–Crippen LogP) is 1.62. The molecule has 0 bridgehead atoms. The van der Waals surface area contributed by atoms with Crippen LogP contribution in [0, 0.1) is 6.92 Å². The molecule has 32 heavy (non-hydrogen) atoms. The maximum atomic E-state index is 12.5. The molecule has 3 heterocycles. The third kappa shape index (κ3) is 4.67. The molecule has 0 aliphatic carbocycles. The minimum atomic E-state index is -0.279. The van der Waals surface area contributed by atoms with E-state index >= 15 is 0 Å². The van der Waals surface area contributed by atoms with E-state index in [-0.39, 0.29) is 18.3 Å². The van der Waals surface area contributed by atoms with Gasteiger partial charge in [-0.05, 0) is 31.2 Å². The Bertz CT molecular complexity index is 1240. The summed E-state index contributed by atoms with van der Waals surface area (Å²) in [5.41, 5.74) is 2.36. The fraction of sp³-hybridized carbons (Fsp3) is 0.190. The zero-order chi connectivity index (χ0) is 22.5. The van der Waals surface area contributed by atoms with Gasteiger partial charge in [0.2, 0.25) is 5.88 Å². The van der Waals surface area contributed by atoms with E-state index in [4.69, 9.17) is 0 Å². The van der Waals surface area contributed by atoms with Crippen molar-refractivity contribution in [2.24, 2.45) is 7.05 Å². The van der Waals surface area contributed by atoms with E-state index < -0.39 is 0 Å². The number of carbonyl (C=O) groups excluding carboxylic acids is 1. The Morgan fingerprint density at radius 1 is 1.16 bits per heavy atom. The van der Waals surface area contributed by atoms with Gasteiger partial charge in [-0.1, -0.05) is 6.07 Å². The summed E-state index contributed by atoms with van der Waals surface area (Å²) in [4.78, 5) is 28.6. The smallest absolute Gasteiger partial charge is 0.251 e. The van der Waals surface area contributed by atoms with Gasteiger partial charge in [0.05, 0.1) is 12.1 Å². The lowest BCUT2D eigenvalue weighted by Crippen LogP contribution is -2.23. The van der Waals surface area contributed by atoms with Crippen LogP contribution in [0.3, 0.4) is 0 Å². The molecule has 0 spiro atoms. The number of amides is 1. The van der Waals surface area contributed by atoms with Crippen molar-refractivity contribution < 1.29 is 9.90 Å². The van der Waals surface area contributed by atoms with Crippen LogP contribution in [0.5, 0.6) is 5.88 Å². The van der Waals surface area contributed by atoms with E-state index in [1.54, 1.807) is 37.4 Å². The van der Waals surface area contributed by atoms with Gasteiger partial charge in [-0.15, -0.1) is 10.2 Å². The number of benzene rings is 1. The number of hydrogen-bond acceptors (Lipinski definition) is 9. The molecular formula is C21H21N9O2. The van der Waals surface area contributed by atoms with E-state index in [1.165, 1.54) is 12.5 Å². The standard InChI is InChI=1S/C21H21N9O2/c1-13-23-9-15(21(32)27-13)10-25-20(31)14-4-3-5-16(8-14)24-11-18-28-29-19(30(18)2)17-6-7-22-12-26-17/h3-9,12,24H,10-11H2,1-2H3,(H,25,31)(H,23,27,32). The average Bonchev–Trinajstić information content (AvgIpc) is 3.18. The van der Waals surface area contributed by atoms with Gasteiger partial charge in [0.1, 0.15) is 17.8 Å². The average molecular weight is 431 g/mol. The number of hydrogen-bond donors (Lipinski definition) is 3. The molecule has 0 radical (unpaired) electrons. The summed E-state index contributed by atoms with van der Waals surface area (Å²) in [6, 6.07) is 8.86. The Morgan fingerprint density at radius 2 is 2.03 bits per heavy atom. The summed E-state index contributed by atoms with van der Waals surface area (Å²) in [5.74, 6) is 1.39. The quantitative estimate of drug-likeness (QED) is 0.397. The third-order valence-corrected chi connectivity index (χ3v) is 4.75. The van der Waals surface area contributed by atoms with E-state index in [9.17, 15) is 9.90 Å². The van der Waals surface area contributed by atoms with Crippen LogP contribution in [-0.4, -0.2) is 45.7 Å². The summed E-state index contributed by atoms with van der Waals surface area (Å²) in [5, 5.41) is 24.3. The molecule has 1 amide bonds. The fourth-order valence-corrected chi connectivity index (χ4v) is 3.00. The van der Waals surface area contributed by atoms with Crippen molar-refractivity contribution in [3.05, 3.63) is 71.8 Å². The lowest BCUT2D eigenvalue weighted by Gasteiger charge is -2.10. The number of aromatic nitrogens is 7. The Morgan fingerprint density at radius 3 is 2.81 bits per heavy atom. The molecule has 4 rings (SSSR count). The van der Waals surface area contributed by atoms with Crippen molar-refractivity contribution >= 4 is 11.6 Å². The van der Waals surface area contributed by atoms with Gasteiger partial charge in [-0.25, -0.2) is 15.0 Å². The number of anilines is 1. The van der Waals surface area contributed by atoms with Crippen molar-refractivity contribution in [3.63, 3.8) is 0 Å². The SMILES string of the molecule is Cc1ncc(CNC(=O)c2cccc(NCc3nnc(-c4ccncn4)n3C)c2)c(O)n1. The topological polar surface area (TPSA) is 144 Å². The molecule has 4 aromatic rings. The Balaban J connectivity index is 1.39. The Hall–Kier alpha value is -4.41. The molecule has 0 aliphatic heterocycles. The number of carbonyl (C=O) groups is 1. The normalized spacial score (nSPS) is 10.7.